The number of benzene rings is 1. The van der Waals surface area contributed by atoms with Crippen molar-refractivity contribution in [2.75, 3.05) is 13.1 Å². The predicted octanol–water partition coefficient (Wildman–Crippen LogP) is 2.18. The second kappa shape index (κ2) is 8.48. The highest BCUT2D eigenvalue weighted by molar-refractivity contribution is 5.92. The molecule has 1 fully saturated rings. The maximum absolute atomic E-state index is 13.2. The summed E-state index contributed by atoms with van der Waals surface area (Å²) in [5, 5.41) is 12.1. The van der Waals surface area contributed by atoms with Crippen LogP contribution >= 0.6 is 0 Å². The zero-order valence-electron chi connectivity index (χ0n) is 15.9. The van der Waals surface area contributed by atoms with Crippen molar-refractivity contribution >= 4 is 5.91 Å². The first-order valence-electron chi connectivity index (χ1n) is 9.66. The Morgan fingerprint density at radius 1 is 1.24 bits per heavy atom. The molecule has 1 amide bonds. The van der Waals surface area contributed by atoms with Gasteiger partial charge in [0.1, 0.15) is 5.82 Å². The summed E-state index contributed by atoms with van der Waals surface area (Å²) < 4.78 is 20.1. The number of hydrogen-bond acceptors (Lipinski definition) is 7. The van der Waals surface area contributed by atoms with E-state index in [1.807, 2.05) is 0 Å². The fourth-order valence-electron chi connectivity index (χ4n) is 3.48. The van der Waals surface area contributed by atoms with Gasteiger partial charge in [-0.1, -0.05) is 23.2 Å². The van der Waals surface area contributed by atoms with Crippen LogP contribution in [0.25, 0.3) is 11.5 Å². The topological polar surface area (TPSA) is 116 Å². The lowest BCUT2D eigenvalue weighted by atomic mass is 10.1. The fourth-order valence-corrected chi connectivity index (χ4v) is 3.48. The molecule has 1 unspecified atom stereocenters. The third-order valence-corrected chi connectivity index (χ3v) is 4.96. The Hall–Kier alpha value is -3.14. The van der Waals surface area contributed by atoms with Crippen LogP contribution in [0, 0.1) is 5.82 Å². The van der Waals surface area contributed by atoms with Crippen LogP contribution in [0.1, 0.15) is 48.0 Å². The standard InChI is InChI=1S/C19H22FN7O2/c20-14-7-5-13(6-8-14)18-22-17(24-29-18)16-4-2-1-3-10-27(16)19(28)15-12-26(11-9-21)25-23-15/h5-8,12,16H,1-4,9-11,21H2. The number of rotatable bonds is 5. The van der Waals surface area contributed by atoms with E-state index < -0.39 is 0 Å². The van der Waals surface area contributed by atoms with Crippen LogP contribution in [0.5, 0.6) is 0 Å². The molecule has 0 spiro atoms. The van der Waals surface area contributed by atoms with Crippen LogP contribution < -0.4 is 5.73 Å². The van der Waals surface area contributed by atoms with Crippen molar-refractivity contribution < 1.29 is 13.7 Å². The lowest BCUT2D eigenvalue weighted by Crippen LogP contribution is -2.35. The molecule has 2 aromatic heterocycles. The Labute approximate surface area is 166 Å². The zero-order chi connectivity index (χ0) is 20.2. The SMILES string of the molecule is NCCn1cc(C(=O)N2CCCCCC2c2noc(-c3ccc(F)cc3)n2)nn1. The Morgan fingerprint density at radius 3 is 2.86 bits per heavy atom. The average molecular weight is 399 g/mol. The third-order valence-electron chi connectivity index (χ3n) is 4.96. The monoisotopic (exact) mass is 399 g/mol. The number of amides is 1. The molecule has 0 saturated carbocycles. The summed E-state index contributed by atoms with van der Waals surface area (Å²) in [5.41, 5.74) is 6.43. The van der Waals surface area contributed by atoms with Crippen molar-refractivity contribution in [1.82, 2.24) is 30.0 Å². The molecule has 0 radical (unpaired) electrons. The molecular weight excluding hydrogens is 377 g/mol. The van der Waals surface area contributed by atoms with Crippen molar-refractivity contribution in [3.05, 3.63) is 47.8 Å². The summed E-state index contributed by atoms with van der Waals surface area (Å²) in [4.78, 5) is 19.3. The molecule has 152 valence electrons. The molecule has 1 saturated heterocycles. The van der Waals surface area contributed by atoms with Crippen LogP contribution in [0.2, 0.25) is 0 Å². The summed E-state index contributed by atoms with van der Waals surface area (Å²) >= 11 is 0. The molecule has 3 aromatic rings. The molecule has 0 bridgehead atoms. The van der Waals surface area contributed by atoms with Gasteiger partial charge in [0.05, 0.1) is 18.8 Å². The molecule has 29 heavy (non-hydrogen) atoms. The van der Waals surface area contributed by atoms with E-state index in [0.29, 0.717) is 36.9 Å². The summed E-state index contributed by atoms with van der Waals surface area (Å²) in [6, 6.07) is 5.52. The van der Waals surface area contributed by atoms with E-state index in [2.05, 4.69) is 20.5 Å². The van der Waals surface area contributed by atoms with Gasteiger partial charge in [0.2, 0.25) is 0 Å². The minimum absolute atomic E-state index is 0.215. The van der Waals surface area contributed by atoms with Crippen molar-refractivity contribution in [2.24, 2.45) is 5.73 Å². The number of aromatic nitrogens is 5. The summed E-state index contributed by atoms with van der Waals surface area (Å²) in [6.07, 6.45) is 5.20. The molecule has 1 aliphatic rings. The highest BCUT2D eigenvalue weighted by atomic mass is 19.1. The lowest BCUT2D eigenvalue weighted by Gasteiger charge is -2.26. The van der Waals surface area contributed by atoms with E-state index in [1.165, 1.54) is 12.1 Å². The quantitative estimate of drug-likeness (QED) is 0.699. The summed E-state index contributed by atoms with van der Waals surface area (Å²) in [6.45, 7) is 1.49. The Bertz CT molecular complexity index is 969. The second-order valence-electron chi connectivity index (χ2n) is 6.98. The first-order chi connectivity index (χ1) is 14.2. The Morgan fingerprint density at radius 2 is 2.07 bits per heavy atom. The van der Waals surface area contributed by atoms with Crippen LogP contribution in [0.4, 0.5) is 4.39 Å². The first-order valence-corrected chi connectivity index (χ1v) is 9.66. The Balaban J connectivity index is 1.59. The molecule has 3 heterocycles. The molecule has 1 aromatic carbocycles. The van der Waals surface area contributed by atoms with E-state index in [-0.39, 0.29) is 23.5 Å². The zero-order valence-corrected chi connectivity index (χ0v) is 15.9. The molecule has 9 nitrogen and oxygen atoms in total. The fraction of sp³-hybridized carbons (Fsp3) is 0.421. The largest absolute Gasteiger partial charge is 0.334 e. The minimum Gasteiger partial charge on any atom is -0.334 e. The summed E-state index contributed by atoms with van der Waals surface area (Å²) in [7, 11) is 0. The minimum atomic E-state index is -0.336. The number of nitrogens with zero attached hydrogens (tertiary/aromatic N) is 6. The molecule has 0 aliphatic carbocycles. The molecule has 10 heteroatoms. The second-order valence-corrected chi connectivity index (χ2v) is 6.98. The van der Waals surface area contributed by atoms with Crippen molar-refractivity contribution in [3.8, 4) is 11.5 Å². The lowest BCUT2D eigenvalue weighted by molar-refractivity contribution is 0.0664. The normalized spacial score (nSPS) is 17.3. The van der Waals surface area contributed by atoms with Crippen LogP contribution in [0.3, 0.4) is 0 Å². The number of carbonyl (C=O) groups is 1. The predicted molar refractivity (Wildman–Crippen MR) is 101 cm³/mol. The molecule has 1 atom stereocenters. The molecule has 4 rings (SSSR count). The van der Waals surface area contributed by atoms with Gasteiger partial charge in [-0.2, -0.15) is 4.98 Å². The molecule has 2 N–H and O–H groups in total. The van der Waals surface area contributed by atoms with Crippen molar-refractivity contribution in [3.63, 3.8) is 0 Å². The summed E-state index contributed by atoms with van der Waals surface area (Å²) in [5.74, 6) is 0.185. The first kappa shape index (κ1) is 19.2. The maximum Gasteiger partial charge on any atom is 0.276 e. The van der Waals surface area contributed by atoms with Crippen molar-refractivity contribution in [2.45, 2.75) is 38.3 Å². The molecular formula is C19H22FN7O2. The van der Waals surface area contributed by atoms with E-state index in [4.69, 9.17) is 10.3 Å². The van der Waals surface area contributed by atoms with Gasteiger partial charge >= 0.3 is 0 Å². The van der Waals surface area contributed by atoms with E-state index >= 15 is 0 Å². The third kappa shape index (κ3) is 4.16. The highest BCUT2D eigenvalue weighted by Gasteiger charge is 2.32. The van der Waals surface area contributed by atoms with Gasteiger partial charge in [-0.15, -0.1) is 5.10 Å². The van der Waals surface area contributed by atoms with Crippen LogP contribution in [-0.4, -0.2) is 49.0 Å². The van der Waals surface area contributed by atoms with E-state index in [1.54, 1.807) is 27.9 Å². The molecule has 1 aliphatic heterocycles. The van der Waals surface area contributed by atoms with Crippen LogP contribution in [-0.2, 0) is 6.54 Å². The van der Waals surface area contributed by atoms with Gasteiger partial charge in [-0.05, 0) is 37.1 Å². The maximum atomic E-state index is 13.2. The van der Waals surface area contributed by atoms with Gasteiger partial charge in [0.25, 0.3) is 11.8 Å². The Kier molecular flexibility index (Phi) is 5.61. The van der Waals surface area contributed by atoms with Crippen molar-refractivity contribution in [1.29, 1.82) is 0 Å². The smallest absolute Gasteiger partial charge is 0.276 e. The number of carbonyl (C=O) groups excluding carboxylic acids is 1. The highest BCUT2D eigenvalue weighted by Crippen LogP contribution is 2.31. The van der Waals surface area contributed by atoms with Crippen LogP contribution in [0.15, 0.2) is 35.0 Å². The van der Waals surface area contributed by atoms with Gasteiger partial charge in [-0.3, -0.25) is 9.48 Å². The van der Waals surface area contributed by atoms with E-state index in [0.717, 1.165) is 25.7 Å². The van der Waals surface area contributed by atoms with Gasteiger partial charge < -0.3 is 15.2 Å². The average Bonchev–Trinajstić information content (AvgIpc) is 3.33. The van der Waals surface area contributed by atoms with Gasteiger partial charge in [0, 0.05) is 18.7 Å². The number of nitrogens with two attached hydrogens (primary N) is 1. The number of likely N-dealkylation sites (tertiary alicyclic amines) is 1. The van der Waals surface area contributed by atoms with Gasteiger partial charge in [0.15, 0.2) is 11.5 Å². The van der Waals surface area contributed by atoms with E-state index in [9.17, 15) is 9.18 Å². The van der Waals surface area contributed by atoms with Gasteiger partial charge in [-0.25, -0.2) is 4.39 Å². The number of halogens is 1. The number of hydrogen-bond donors (Lipinski definition) is 1.